The van der Waals surface area contributed by atoms with Crippen molar-refractivity contribution in [3.8, 4) is 0 Å². The molecule has 1 unspecified atom stereocenters. The lowest BCUT2D eigenvalue weighted by atomic mass is 9.83. The molecule has 1 saturated heterocycles. The van der Waals surface area contributed by atoms with E-state index in [1.807, 2.05) is 18.3 Å². The summed E-state index contributed by atoms with van der Waals surface area (Å²) in [5, 5.41) is 6.88. The lowest BCUT2D eigenvalue weighted by molar-refractivity contribution is 0.253. The van der Waals surface area contributed by atoms with Crippen LogP contribution in [0, 0.1) is 5.41 Å². The molecule has 0 radical (unpaired) electrons. The maximum atomic E-state index is 4.32. The lowest BCUT2D eigenvalue weighted by Crippen LogP contribution is -2.42. The van der Waals surface area contributed by atoms with Crippen LogP contribution < -0.4 is 10.6 Å². The van der Waals surface area contributed by atoms with Gasteiger partial charge in [0.25, 0.3) is 0 Å². The van der Waals surface area contributed by atoms with Crippen LogP contribution >= 0.6 is 15.9 Å². The molecule has 1 aliphatic rings. The van der Waals surface area contributed by atoms with Crippen molar-refractivity contribution >= 4 is 21.7 Å². The molecule has 0 amide bonds. The van der Waals surface area contributed by atoms with Crippen molar-refractivity contribution in [3.05, 3.63) is 22.8 Å². The Bertz CT molecular complexity index is 348. The number of anilines is 1. The second-order valence-electron chi connectivity index (χ2n) is 4.78. The molecule has 1 aliphatic heterocycles. The van der Waals surface area contributed by atoms with Crippen LogP contribution in [0.3, 0.4) is 0 Å². The second kappa shape index (κ2) is 5.15. The van der Waals surface area contributed by atoms with Crippen molar-refractivity contribution in [1.82, 2.24) is 10.3 Å². The normalized spacial score (nSPS) is 25.4. The Balaban J connectivity index is 1.94. The van der Waals surface area contributed by atoms with Crippen molar-refractivity contribution in [2.24, 2.45) is 5.41 Å². The summed E-state index contributed by atoms with van der Waals surface area (Å²) in [5.74, 6) is 0.939. The number of pyridine rings is 1. The summed E-state index contributed by atoms with van der Waals surface area (Å²) in [6.07, 6.45) is 4.35. The zero-order chi connectivity index (χ0) is 11.4. The largest absolute Gasteiger partial charge is 0.369 e. The Hall–Kier alpha value is -0.610. The number of halogens is 1. The number of piperidine rings is 1. The zero-order valence-corrected chi connectivity index (χ0v) is 11.2. The molecule has 0 spiro atoms. The van der Waals surface area contributed by atoms with Gasteiger partial charge in [0.1, 0.15) is 5.82 Å². The maximum absolute atomic E-state index is 4.32. The van der Waals surface area contributed by atoms with E-state index in [0.29, 0.717) is 5.41 Å². The number of nitrogens with one attached hydrogen (secondary N) is 2. The highest BCUT2D eigenvalue weighted by Gasteiger charge is 2.26. The summed E-state index contributed by atoms with van der Waals surface area (Å²) in [7, 11) is 0. The van der Waals surface area contributed by atoms with E-state index in [1.165, 1.54) is 12.8 Å². The first kappa shape index (κ1) is 11.9. The van der Waals surface area contributed by atoms with E-state index >= 15 is 0 Å². The number of aromatic nitrogens is 1. The van der Waals surface area contributed by atoms with Crippen LogP contribution in [0.2, 0.25) is 0 Å². The van der Waals surface area contributed by atoms with Crippen LogP contribution in [-0.2, 0) is 0 Å². The summed E-state index contributed by atoms with van der Waals surface area (Å²) in [6.45, 7) is 5.53. The van der Waals surface area contributed by atoms with Gasteiger partial charge in [0, 0.05) is 19.3 Å². The number of hydrogen-bond acceptors (Lipinski definition) is 3. The Morgan fingerprint density at radius 1 is 1.62 bits per heavy atom. The van der Waals surface area contributed by atoms with E-state index in [1.54, 1.807) is 0 Å². The first-order valence-electron chi connectivity index (χ1n) is 5.75. The highest BCUT2D eigenvalue weighted by Crippen LogP contribution is 2.27. The number of hydrogen-bond donors (Lipinski definition) is 2. The fourth-order valence-corrected chi connectivity index (χ4v) is 2.48. The van der Waals surface area contributed by atoms with Crippen molar-refractivity contribution in [2.75, 3.05) is 25.0 Å². The molecule has 1 fully saturated rings. The highest BCUT2D eigenvalue weighted by molar-refractivity contribution is 9.10. The van der Waals surface area contributed by atoms with E-state index in [2.05, 4.69) is 38.5 Å². The van der Waals surface area contributed by atoms with Gasteiger partial charge in [-0.3, -0.25) is 0 Å². The van der Waals surface area contributed by atoms with Crippen molar-refractivity contribution in [1.29, 1.82) is 0 Å². The maximum Gasteiger partial charge on any atom is 0.140 e. The molecule has 4 heteroatoms. The molecule has 0 aromatic carbocycles. The van der Waals surface area contributed by atoms with Gasteiger partial charge in [-0.25, -0.2) is 4.98 Å². The van der Waals surface area contributed by atoms with Gasteiger partial charge in [0.2, 0.25) is 0 Å². The molecule has 2 heterocycles. The molecule has 88 valence electrons. The topological polar surface area (TPSA) is 37.0 Å². The van der Waals surface area contributed by atoms with Gasteiger partial charge in [-0.15, -0.1) is 0 Å². The minimum atomic E-state index is 0.342. The highest BCUT2D eigenvalue weighted by atomic mass is 79.9. The average Bonchev–Trinajstić information content (AvgIpc) is 2.29. The first-order valence-corrected chi connectivity index (χ1v) is 6.54. The quantitative estimate of drug-likeness (QED) is 0.896. The summed E-state index contributed by atoms with van der Waals surface area (Å²) in [5.41, 5.74) is 0.342. The minimum absolute atomic E-state index is 0.342. The van der Waals surface area contributed by atoms with Gasteiger partial charge in [-0.2, -0.15) is 0 Å². The molecular formula is C12H18BrN3. The third kappa shape index (κ3) is 2.95. The fourth-order valence-electron chi connectivity index (χ4n) is 2.08. The predicted octanol–water partition coefficient (Wildman–Crippen LogP) is 2.65. The van der Waals surface area contributed by atoms with E-state index in [-0.39, 0.29) is 0 Å². The van der Waals surface area contributed by atoms with Gasteiger partial charge in [0.15, 0.2) is 0 Å². The molecule has 2 rings (SSSR count). The van der Waals surface area contributed by atoms with Crippen LogP contribution in [0.4, 0.5) is 5.82 Å². The molecular weight excluding hydrogens is 266 g/mol. The third-order valence-corrected chi connectivity index (χ3v) is 3.77. The molecule has 3 nitrogen and oxygen atoms in total. The number of nitrogens with zero attached hydrogens (tertiary/aromatic N) is 1. The van der Waals surface area contributed by atoms with Gasteiger partial charge in [-0.1, -0.05) is 6.92 Å². The van der Waals surface area contributed by atoms with Gasteiger partial charge in [-0.05, 0) is 52.9 Å². The monoisotopic (exact) mass is 283 g/mol. The zero-order valence-electron chi connectivity index (χ0n) is 9.59. The van der Waals surface area contributed by atoms with E-state index in [0.717, 1.165) is 29.9 Å². The summed E-state index contributed by atoms with van der Waals surface area (Å²) < 4.78 is 1.03. The number of rotatable bonds is 3. The molecule has 0 bridgehead atoms. The van der Waals surface area contributed by atoms with Crippen molar-refractivity contribution < 1.29 is 0 Å². The Morgan fingerprint density at radius 3 is 3.19 bits per heavy atom. The first-order chi connectivity index (χ1) is 7.70. The Kier molecular flexibility index (Phi) is 3.82. The molecule has 16 heavy (non-hydrogen) atoms. The predicted molar refractivity (Wildman–Crippen MR) is 70.6 cm³/mol. The molecule has 0 aliphatic carbocycles. The molecule has 1 aromatic heterocycles. The van der Waals surface area contributed by atoms with E-state index in [4.69, 9.17) is 0 Å². The van der Waals surface area contributed by atoms with E-state index in [9.17, 15) is 0 Å². The van der Waals surface area contributed by atoms with Crippen LogP contribution in [0.15, 0.2) is 22.8 Å². The van der Waals surface area contributed by atoms with Crippen molar-refractivity contribution in [2.45, 2.75) is 19.8 Å². The van der Waals surface area contributed by atoms with Crippen molar-refractivity contribution in [3.63, 3.8) is 0 Å². The average molecular weight is 284 g/mol. The van der Waals surface area contributed by atoms with E-state index < -0.39 is 0 Å². The van der Waals surface area contributed by atoms with Crippen LogP contribution in [0.5, 0.6) is 0 Å². The third-order valence-electron chi connectivity index (χ3n) is 3.13. The molecule has 1 atom stereocenters. The van der Waals surface area contributed by atoms with Gasteiger partial charge < -0.3 is 10.6 Å². The lowest BCUT2D eigenvalue weighted by Gasteiger charge is -2.34. The molecule has 1 aromatic rings. The molecule has 0 saturated carbocycles. The smallest absolute Gasteiger partial charge is 0.140 e. The van der Waals surface area contributed by atoms with Crippen LogP contribution in [0.25, 0.3) is 0 Å². The van der Waals surface area contributed by atoms with Crippen LogP contribution in [-0.4, -0.2) is 24.6 Å². The summed E-state index contributed by atoms with van der Waals surface area (Å²) in [6, 6.07) is 3.94. The Labute approximate surface area is 105 Å². The Morgan fingerprint density at radius 2 is 2.50 bits per heavy atom. The van der Waals surface area contributed by atoms with Crippen LogP contribution in [0.1, 0.15) is 19.8 Å². The fraction of sp³-hybridized carbons (Fsp3) is 0.583. The summed E-state index contributed by atoms with van der Waals surface area (Å²) in [4.78, 5) is 4.32. The van der Waals surface area contributed by atoms with Gasteiger partial charge in [0.05, 0.1) is 4.47 Å². The SMILES string of the molecule is CC1(CNc2ncccc2Br)CCCNC1. The van der Waals surface area contributed by atoms with Gasteiger partial charge >= 0.3 is 0 Å². The summed E-state index contributed by atoms with van der Waals surface area (Å²) >= 11 is 3.50. The second-order valence-corrected chi connectivity index (χ2v) is 5.63. The standard InChI is InChI=1S/C12H18BrN3/c1-12(5-3-6-14-8-12)9-16-11-10(13)4-2-7-15-11/h2,4,7,14H,3,5-6,8-9H2,1H3,(H,15,16). The minimum Gasteiger partial charge on any atom is -0.369 e. The molecule has 2 N–H and O–H groups in total.